The maximum atomic E-state index is 13.9. The third-order valence-electron chi connectivity index (χ3n) is 7.48. The summed E-state index contributed by atoms with van der Waals surface area (Å²) in [5, 5.41) is 4.95. The van der Waals surface area contributed by atoms with Crippen molar-refractivity contribution in [3.8, 4) is 11.1 Å². The van der Waals surface area contributed by atoms with Gasteiger partial charge in [-0.3, -0.25) is 4.79 Å². The van der Waals surface area contributed by atoms with Crippen LogP contribution in [0.2, 0.25) is 8.67 Å². The molecular weight excluding hydrogens is 678 g/mol. The van der Waals surface area contributed by atoms with Crippen molar-refractivity contribution >= 4 is 52.2 Å². The summed E-state index contributed by atoms with van der Waals surface area (Å²) in [6.07, 6.45) is -3.99. The molecule has 1 amide bonds. The van der Waals surface area contributed by atoms with Crippen LogP contribution in [0.5, 0.6) is 0 Å². The Labute approximate surface area is 284 Å². The second-order valence-electron chi connectivity index (χ2n) is 10.5. The quantitative estimate of drug-likeness (QED) is 0.110. The van der Waals surface area contributed by atoms with E-state index < -0.39 is 11.7 Å². The Hall–Kier alpha value is -2.90. The second-order valence-corrected chi connectivity index (χ2v) is 13.7. The predicted molar refractivity (Wildman–Crippen MR) is 178 cm³/mol. The number of carbonyl (C=O) groups excluding carboxylic acids is 1. The average Bonchev–Trinajstić information content (AvgIpc) is 3.36. The fourth-order valence-corrected chi connectivity index (χ4v) is 7.33. The molecule has 2 aromatic heterocycles. The number of alkyl halides is 3. The Morgan fingerprint density at radius 2 is 1.63 bits per heavy atom. The number of nitrogens with zero attached hydrogens (tertiary/aromatic N) is 4. The van der Waals surface area contributed by atoms with E-state index in [2.05, 4.69) is 28.8 Å². The monoisotopic (exact) mass is 712 g/mol. The van der Waals surface area contributed by atoms with E-state index in [1.165, 1.54) is 39.9 Å². The second kappa shape index (κ2) is 16.3. The van der Waals surface area contributed by atoms with E-state index in [-0.39, 0.29) is 18.0 Å². The van der Waals surface area contributed by atoms with Gasteiger partial charge in [-0.25, -0.2) is 4.79 Å². The van der Waals surface area contributed by atoms with E-state index in [1.54, 1.807) is 11.0 Å². The Kier molecular flexibility index (Phi) is 12.7. The first-order valence-corrected chi connectivity index (χ1v) is 17.3. The van der Waals surface area contributed by atoms with E-state index in [0.29, 0.717) is 56.9 Å². The number of thioether (sulfide) groups is 1. The zero-order valence-electron chi connectivity index (χ0n) is 25.7. The molecule has 0 unspecified atom stereocenters. The Balaban J connectivity index is 1.55. The number of rotatable bonds is 14. The van der Waals surface area contributed by atoms with Gasteiger partial charge in [0.05, 0.1) is 14.2 Å². The zero-order valence-corrected chi connectivity index (χ0v) is 28.8. The standard InChI is InChI=1S/C32H34Cl2F3N5O2S2/c1-4-26-30(44)38-31(45-20-24-17-27(33)46-29(24)34)42(39-26)19-28(43)41(16-15-40(5-2)6-3)18-21-7-9-22(10-8-21)23-11-13-25(14-12-23)32(35,36)37/h7-14,17H,4-6,15-16,18-20H2,1-3H3/p+1. The molecule has 14 heteroatoms. The number of benzene rings is 2. The molecule has 0 fully saturated rings. The summed E-state index contributed by atoms with van der Waals surface area (Å²) >= 11 is 15.0. The molecule has 0 saturated carbocycles. The van der Waals surface area contributed by atoms with Gasteiger partial charge in [0.15, 0.2) is 12.2 Å². The number of aromatic nitrogens is 3. The fourth-order valence-electron chi connectivity index (χ4n) is 4.73. The number of H-pyrrole nitrogens is 1. The topological polar surface area (TPSA) is 73.2 Å². The first-order chi connectivity index (χ1) is 21.9. The van der Waals surface area contributed by atoms with Crippen molar-refractivity contribution in [1.82, 2.24) is 19.9 Å². The number of nitrogens with one attached hydrogen (secondary N) is 1. The van der Waals surface area contributed by atoms with Crippen molar-refractivity contribution in [2.24, 2.45) is 0 Å². The lowest BCUT2D eigenvalue weighted by Gasteiger charge is -2.26. The van der Waals surface area contributed by atoms with E-state index in [1.807, 2.05) is 31.2 Å². The van der Waals surface area contributed by atoms with Crippen LogP contribution in [0, 0.1) is 0 Å². The number of thiophene rings is 1. The summed E-state index contributed by atoms with van der Waals surface area (Å²) in [5.74, 6) is 0.250. The molecule has 0 saturated heterocycles. The molecule has 2 aromatic carbocycles. The molecule has 0 aliphatic heterocycles. The van der Waals surface area contributed by atoms with Crippen molar-refractivity contribution in [3.05, 3.63) is 96.0 Å². The van der Waals surface area contributed by atoms with Crippen LogP contribution in [-0.2, 0) is 36.2 Å². The van der Waals surface area contributed by atoms with Crippen LogP contribution in [0.25, 0.3) is 11.1 Å². The van der Waals surface area contributed by atoms with Crippen LogP contribution >= 0.6 is 46.3 Å². The van der Waals surface area contributed by atoms with Gasteiger partial charge in [0, 0.05) is 25.4 Å². The van der Waals surface area contributed by atoms with Crippen LogP contribution in [0.1, 0.15) is 43.2 Å². The third-order valence-corrected chi connectivity index (χ3v) is 10.1. The molecule has 0 bridgehead atoms. The van der Waals surface area contributed by atoms with Gasteiger partial charge in [0.2, 0.25) is 0 Å². The lowest BCUT2D eigenvalue weighted by atomic mass is 10.0. The maximum Gasteiger partial charge on any atom is 0.416 e. The Morgan fingerprint density at radius 3 is 2.17 bits per heavy atom. The molecule has 246 valence electrons. The minimum absolute atomic E-state index is 0.0911. The molecule has 7 nitrogen and oxygen atoms in total. The van der Waals surface area contributed by atoms with E-state index in [0.717, 1.165) is 41.9 Å². The summed E-state index contributed by atoms with van der Waals surface area (Å²) in [7, 11) is 0. The van der Waals surface area contributed by atoms with E-state index in [4.69, 9.17) is 23.2 Å². The van der Waals surface area contributed by atoms with Crippen molar-refractivity contribution in [1.29, 1.82) is 0 Å². The van der Waals surface area contributed by atoms with Crippen LogP contribution in [-0.4, -0.2) is 52.0 Å². The highest BCUT2D eigenvalue weighted by Crippen LogP contribution is 2.34. The summed E-state index contributed by atoms with van der Waals surface area (Å²) in [6, 6.07) is 14.3. The number of aryl methyl sites for hydroxylation is 1. The molecule has 1 N–H and O–H groups in total. The predicted octanol–water partition coefficient (Wildman–Crippen LogP) is 7.34. The Bertz CT molecular complexity index is 1680. The van der Waals surface area contributed by atoms with Crippen LogP contribution in [0.15, 0.2) is 64.5 Å². The molecule has 0 aliphatic carbocycles. The van der Waals surface area contributed by atoms with Gasteiger partial charge >= 0.3 is 16.9 Å². The van der Waals surface area contributed by atoms with Crippen LogP contribution in [0.3, 0.4) is 0 Å². The molecule has 0 radical (unpaired) electrons. The normalized spacial score (nSPS) is 11.8. The molecule has 0 atom stereocenters. The summed E-state index contributed by atoms with van der Waals surface area (Å²) < 4.78 is 41.6. The number of aromatic amines is 1. The third kappa shape index (κ3) is 9.57. The minimum Gasteiger partial charge on any atom is -0.334 e. The van der Waals surface area contributed by atoms with Gasteiger partial charge in [-0.15, -0.1) is 16.0 Å². The number of hydrogen-bond acceptors (Lipinski definition) is 6. The smallest absolute Gasteiger partial charge is 0.334 e. The van der Waals surface area contributed by atoms with Gasteiger partial charge in [-0.1, -0.05) is 85.5 Å². The molecule has 4 aromatic rings. The maximum absolute atomic E-state index is 13.9. The number of carbonyl (C=O) groups is 1. The fraction of sp³-hybridized carbons (Fsp3) is 0.375. The summed E-state index contributed by atoms with van der Waals surface area (Å²) in [6.45, 7) is 9.02. The number of amides is 1. The summed E-state index contributed by atoms with van der Waals surface area (Å²) in [5.41, 5.74) is 2.44. The lowest BCUT2D eigenvalue weighted by molar-refractivity contribution is -0.782. The number of likely N-dealkylation sites (N-methyl/N-ethyl adjacent to an activating group) is 1. The molecule has 2 heterocycles. The van der Waals surface area contributed by atoms with Gasteiger partial charge in [0.1, 0.15) is 0 Å². The van der Waals surface area contributed by atoms with Gasteiger partial charge in [0.25, 0.3) is 5.91 Å². The van der Waals surface area contributed by atoms with Gasteiger partial charge < -0.3 is 9.80 Å². The highest BCUT2D eigenvalue weighted by molar-refractivity contribution is 7.98. The molecule has 4 rings (SSSR count). The van der Waals surface area contributed by atoms with Crippen molar-refractivity contribution in [2.75, 3.05) is 26.2 Å². The minimum atomic E-state index is -4.39. The lowest BCUT2D eigenvalue weighted by Crippen LogP contribution is -2.52. The van der Waals surface area contributed by atoms with Gasteiger partial charge in [-0.2, -0.15) is 18.2 Å². The number of halogens is 5. The van der Waals surface area contributed by atoms with E-state index in [9.17, 15) is 22.8 Å². The molecule has 46 heavy (non-hydrogen) atoms. The highest BCUT2D eigenvalue weighted by atomic mass is 35.5. The van der Waals surface area contributed by atoms with Crippen LogP contribution < -0.4 is 10.2 Å². The zero-order chi connectivity index (χ0) is 33.4. The number of hydrogen-bond donors (Lipinski definition) is 1. The van der Waals surface area contributed by atoms with Crippen molar-refractivity contribution in [2.45, 2.75) is 57.4 Å². The Morgan fingerprint density at radius 1 is 1.00 bits per heavy atom. The first kappa shape index (κ1) is 35.9. The molecule has 0 aliphatic rings. The van der Waals surface area contributed by atoms with Gasteiger partial charge in [-0.05, 0) is 71.7 Å². The van der Waals surface area contributed by atoms with Crippen molar-refractivity contribution < 1.29 is 22.6 Å². The molecular formula is C32H35Cl2F3N5O2S2+. The summed E-state index contributed by atoms with van der Waals surface area (Å²) in [4.78, 5) is 33.4. The molecule has 0 spiro atoms. The first-order valence-electron chi connectivity index (χ1n) is 14.8. The largest absolute Gasteiger partial charge is 0.416 e. The van der Waals surface area contributed by atoms with Crippen LogP contribution in [0.4, 0.5) is 13.2 Å². The van der Waals surface area contributed by atoms with Crippen molar-refractivity contribution in [3.63, 3.8) is 0 Å². The highest BCUT2D eigenvalue weighted by Gasteiger charge is 2.30. The van der Waals surface area contributed by atoms with E-state index >= 15 is 0 Å². The average molecular weight is 714 g/mol. The SMILES string of the molecule is CCc1n[n+](CC(=O)N(CCN(CC)CC)Cc2ccc(-c3ccc(C(F)(F)F)cc3)cc2)c(SCc2cc(Cl)sc2Cl)[nH]c1=O.